The van der Waals surface area contributed by atoms with Gasteiger partial charge in [-0.05, 0) is 52.3 Å². The minimum absolute atomic E-state index is 0.630. The van der Waals surface area contributed by atoms with Crippen molar-refractivity contribution in [3.63, 3.8) is 0 Å². The number of furan rings is 1. The SMILES string of the molecule is CC(CCCNC1CC1)N(C)Cc1ccoc1. The lowest BCUT2D eigenvalue weighted by Crippen LogP contribution is -2.29. The standard InChI is InChI=1S/C14H24N2O/c1-12(4-3-8-15-14-5-6-14)16(2)10-13-7-9-17-11-13/h7,9,11-12,14-15H,3-6,8,10H2,1-2H3. The Labute approximate surface area is 104 Å². The molecule has 1 atom stereocenters. The van der Waals surface area contributed by atoms with Crippen LogP contribution in [0.4, 0.5) is 0 Å². The first-order chi connectivity index (χ1) is 8.25. The molecule has 2 rings (SSSR count). The summed E-state index contributed by atoms with van der Waals surface area (Å²) in [6.45, 7) is 4.46. The molecule has 3 heteroatoms. The van der Waals surface area contributed by atoms with Gasteiger partial charge in [0.25, 0.3) is 0 Å². The third kappa shape index (κ3) is 4.52. The van der Waals surface area contributed by atoms with Crippen LogP contribution in [-0.4, -0.2) is 30.6 Å². The van der Waals surface area contributed by atoms with Crippen molar-refractivity contribution in [1.29, 1.82) is 0 Å². The van der Waals surface area contributed by atoms with Crippen LogP contribution in [0.2, 0.25) is 0 Å². The maximum atomic E-state index is 5.09. The van der Waals surface area contributed by atoms with Crippen LogP contribution in [0.5, 0.6) is 0 Å². The lowest BCUT2D eigenvalue weighted by atomic mass is 10.1. The smallest absolute Gasteiger partial charge is 0.0947 e. The van der Waals surface area contributed by atoms with Gasteiger partial charge in [0.15, 0.2) is 0 Å². The summed E-state index contributed by atoms with van der Waals surface area (Å²) >= 11 is 0. The summed E-state index contributed by atoms with van der Waals surface area (Å²) in [4.78, 5) is 2.39. The van der Waals surface area contributed by atoms with E-state index in [-0.39, 0.29) is 0 Å². The first-order valence-corrected chi connectivity index (χ1v) is 6.70. The lowest BCUT2D eigenvalue weighted by molar-refractivity contribution is 0.234. The minimum atomic E-state index is 0.630. The number of nitrogens with one attached hydrogen (secondary N) is 1. The monoisotopic (exact) mass is 236 g/mol. The van der Waals surface area contributed by atoms with Crippen molar-refractivity contribution in [2.24, 2.45) is 0 Å². The third-order valence-corrected chi connectivity index (χ3v) is 3.57. The maximum absolute atomic E-state index is 5.09. The highest BCUT2D eigenvalue weighted by Gasteiger charge is 2.19. The molecule has 0 radical (unpaired) electrons. The fourth-order valence-corrected chi connectivity index (χ4v) is 2.04. The second-order valence-electron chi connectivity index (χ2n) is 5.27. The molecule has 1 unspecified atom stereocenters. The second kappa shape index (κ2) is 6.22. The molecule has 96 valence electrons. The molecule has 0 bridgehead atoms. The van der Waals surface area contributed by atoms with Gasteiger partial charge in [0.05, 0.1) is 12.5 Å². The maximum Gasteiger partial charge on any atom is 0.0947 e. The lowest BCUT2D eigenvalue weighted by Gasteiger charge is -2.24. The van der Waals surface area contributed by atoms with Crippen LogP contribution in [0, 0.1) is 0 Å². The molecule has 1 heterocycles. The Hall–Kier alpha value is -0.800. The van der Waals surface area contributed by atoms with Crippen LogP contribution >= 0.6 is 0 Å². The van der Waals surface area contributed by atoms with Crippen LogP contribution in [0.3, 0.4) is 0 Å². The average Bonchev–Trinajstić information content (AvgIpc) is 3.01. The van der Waals surface area contributed by atoms with Crippen molar-refractivity contribution >= 4 is 0 Å². The van der Waals surface area contributed by atoms with E-state index in [9.17, 15) is 0 Å². The van der Waals surface area contributed by atoms with Gasteiger partial charge >= 0.3 is 0 Å². The summed E-state index contributed by atoms with van der Waals surface area (Å²) < 4.78 is 5.09. The molecule has 1 saturated carbocycles. The highest BCUT2D eigenvalue weighted by Crippen LogP contribution is 2.18. The molecule has 1 N–H and O–H groups in total. The average molecular weight is 236 g/mol. The second-order valence-corrected chi connectivity index (χ2v) is 5.27. The Morgan fingerprint density at radius 3 is 3.00 bits per heavy atom. The molecule has 3 nitrogen and oxygen atoms in total. The highest BCUT2D eigenvalue weighted by atomic mass is 16.3. The molecule has 1 fully saturated rings. The molecule has 0 aliphatic heterocycles. The molecule has 0 aromatic carbocycles. The van der Waals surface area contributed by atoms with Crippen LogP contribution in [-0.2, 0) is 6.54 Å². The molecule has 17 heavy (non-hydrogen) atoms. The summed E-state index contributed by atoms with van der Waals surface area (Å²) in [5, 5.41) is 3.56. The Morgan fingerprint density at radius 2 is 2.35 bits per heavy atom. The summed E-state index contributed by atoms with van der Waals surface area (Å²) in [6, 6.07) is 3.51. The van der Waals surface area contributed by atoms with Gasteiger partial charge < -0.3 is 9.73 Å². The van der Waals surface area contributed by atoms with Gasteiger partial charge in [0.2, 0.25) is 0 Å². The van der Waals surface area contributed by atoms with E-state index in [0.29, 0.717) is 6.04 Å². The van der Waals surface area contributed by atoms with Crippen LogP contribution < -0.4 is 5.32 Å². The Bertz CT molecular complexity index is 306. The van der Waals surface area contributed by atoms with Crippen LogP contribution in [0.25, 0.3) is 0 Å². The van der Waals surface area contributed by atoms with Gasteiger partial charge in [-0.2, -0.15) is 0 Å². The highest BCUT2D eigenvalue weighted by molar-refractivity contribution is 5.04. The molecule has 1 aromatic heterocycles. The normalized spacial score (nSPS) is 17.6. The van der Waals surface area contributed by atoms with E-state index in [2.05, 4.69) is 24.2 Å². The van der Waals surface area contributed by atoms with Gasteiger partial charge in [0, 0.05) is 24.2 Å². The molecule has 1 aliphatic carbocycles. The van der Waals surface area contributed by atoms with E-state index < -0.39 is 0 Å². The van der Waals surface area contributed by atoms with E-state index in [4.69, 9.17) is 4.42 Å². The van der Waals surface area contributed by atoms with Gasteiger partial charge in [0.1, 0.15) is 0 Å². The summed E-state index contributed by atoms with van der Waals surface area (Å²) in [7, 11) is 2.19. The number of nitrogens with zero attached hydrogens (tertiary/aromatic N) is 1. The van der Waals surface area contributed by atoms with E-state index in [0.717, 1.165) is 12.6 Å². The zero-order valence-electron chi connectivity index (χ0n) is 11.0. The zero-order valence-corrected chi connectivity index (χ0v) is 11.0. The largest absolute Gasteiger partial charge is 0.472 e. The van der Waals surface area contributed by atoms with Gasteiger partial charge in [-0.1, -0.05) is 0 Å². The third-order valence-electron chi connectivity index (χ3n) is 3.57. The predicted octanol–water partition coefficient (Wildman–Crippen LogP) is 2.63. The van der Waals surface area contributed by atoms with Crippen molar-refractivity contribution in [2.75, 3.05) is 13.6 Å². The Balaban J connectivity index is 1.58. The van der Waals surface area contributed by atoms with Crippen molar-refractivity contribution in [3.8, 4) is 0 Å². The topological polar surface area (TPSA) is 28.4 Å². The van der Waals surface area contributed by atoms with Gasteiger partial charge in [-0.15, -0.1) is 0 Å². The minimum Gasteiger partial charge on any atom is -0.472 e. The molecule has 0 spiro atoms. The first-order valence-electron chi connectivity index (χ1n) is 6.70. The van der Waals surface area contributed by atoms with E-state index in [1.54, 1.807) is 6.26 Å². The van der Waals surface area contributed by atoms with Crippen molar-refractivity contribution < 1.29 is 4.42 Å². The number of hydrogen-bond donors (Lipinski definition) is 1. The van der Waals surface area contributed by atoms with E-state index in [1.165, 1.54) is 37.8 Å². The van der Waals surface area contributed by atoms with E-state index >= 15 is 0 Å². The summed E-state index contributed by atoms with van der Waals surface area (Å²) in [5.74, 6) is 0. The predicted molar refractivity (Wildman–Crippen MR) is 69.9 cm³/mol. The van der Waals surface area contributed by atoms with Gasteiger partial charge in [-0.25, -0.2) is 0 Å². The van der Waals surface area contributed by atoms with Crippen LogP contribution in [0.1, 0.15) is 38.2 Å². The van der Waals surface area contributed by atoms with Crippen LogP contribution in [0.15, 0.2) is 23.0 Å². The Kier molecular flexibility index (Phi) is 4.63. The molecule has 1 aromatic rings. The first kappa shape index (κ1) is 12.7. The summed E-state index contributed by atoms with van der Waals surface area (Å²) in [6.07, 6.45) is 8.87. The van der Waals surface area contributed by atoms with E-state index in [1.807, 2.05) is 12.3 Å². The number of rotatable bonds is 8. The molecule has 0 saturated heterocycles. The number of hydrogen-bond acceptors (Lipinski definition) is 3. The zero-order chi connectivity index (χ0) is 12.1. The van der Waals surface area contributed by atoms with Crippen molar-refractivity contribution in [2.45, 2.75) is 51.2 Å². The fraction of sp³-hybridized carbons (Fsp3) is 0.714. The molecule has 1 aliphatic rings. The molecular weight excluding hydrogens is 212 g/mol. The quantitative estimate of drug-likeness (QED) is 0.703. The summed E-state index contributed by atoms with van der Waals surface area (Å²) in [5.41, 5.74) is 1.26. The van der Waals surface area contributed by atoms with Gasteiger partial charge in [-0.3, -0.25) is 4.90 Å². The van der Waals surface area contributed by atoms with Crippen molar-refractivity contribution in [3.05, 3.63) is 24.2 Å². The molecule has 0 amide bonds. The fourth-order valence-electron chi connectivity index (χ4n) is 2.04. The molecular formula is C14H24N2O. The Morgan fingerprint density at radius 1 is 1.53 bits per heavy atom. The van der Waals surface area contributed by atoms with Crippen molar-refractivity contribution in [1.82, 2.24) is 10.2 Å².